The van der Waals surface area contributed by atoms with Gasteiger partial charge in [-0.25, -0.2) is 19.6 Å². The number of nitrogens with zero attached hydrogens (tertiary/aromatic N) is 2. The average molecular weight is 368 g/mol. The van der Waals surface area contributed by atoms with E-state index in [1.54, 1.807) is 72.8 Å². The number of benzene rings is 3. The third kappa shape index (κ3) is 2.59. The molecule has 0 N–H and O–H groups in total. The second kappa shape index (κ2) is 6.28. The molecule has 3 aromatic carbocycles. The summed E-state index contributed by atoms with van der Waals surface area (Å²) in [5, 5.41) is 0.804. The van der Waals surface area contributed by atoms with Crippen molar-refractivity contribution in [1.29, 1.82) is 0 Å². The molecular formula is C22H12N2O4. The van der Waals surface area contributed by atoms with Gasteiger partial charge in [-0.2, -0.15) is 0 Å². The van der Waals surface area contributed by atoms with E-state index in [4.69, 9.17) is 8.83 Å². The van der Waals surface area contributed by atoms with E-state index in [1.165, 1.54) is 0 Å². The summed E-state index contributed by atoms with van der Waals surface area (Å²) in [4.78, 5) is 33.6. The van der Waals surface area contributed by atoms with Crippen molar-refractivity contribution in [2.24, 2.45) is 0 Å². The van der Waals surface area contributed by atoms with Crippen LogP contribution in [0.25, 0.3) is 44.7 Å². The quantitative estimate of drug-likeness (QED) is 0.468. The Bertz CT molecular complexity index is 1350. The normalized spacial score (nSPS) is 11.1. The van der Waals surface area contributed by atoms with Crippen LogP contribution in [0.5, 0.6) is 0 Å². The van der Waals surface area contributed by atoms with E-state index in [2.05, 4.69) is 9.97 Å². The lowest BCUT2D eigenvalue weighted by Gasteiger charge is -2.07. The average Bonchev–Trinajstić information content (AvgIpc) is 2.74. The molecule has 2 heterocycles. The lowest BCUT2D eigenvalue weighted by atomic mass is 10.1. The minimum Gasteiger partial charge on any atom is -0.403 e. The Morgan fingerprint density at radius 2 is 0.929 bits per heavy atom. The molecule has 0 saturated heterocycles. The van der Waals surface area contributed by atoms with E-state index in [0.29, 0.717) is 32.9 Å². The monoisotopic (exact) mass is 368 g/mol. The van der Waals surface area contributed by atoms with Gasteiger partial charge in [0.1, 0.15) is 0 Å². The van der Waals surface area contributed by atoms with Gasteiger partial charge >= 0.3 is 11.3 Å². The maximum Gasteiger partial charge on any atom is 0.347 e. The SMILES string of the molecule is O=c1oc(-c2ccccc2-c2nc3ccccc3c(=O)o2)nc2ccccc12. The van der Waals surface area contributed by atoms with E-state index in [1.807, 2.05) is 0 Å². The molecule has 134 valence electrons. The predicted molar refractivity (Wildman–Crippen MR) is 105 cm³/mol. The zero-order valence-electron chi connectivity index (χ0n) is 14.5. The summed E-state index contributed by atoms with van der Waals surface area (Å²) in [5.41, 5.74) is 1.10. The molecular weight excluding hydrogens is 356 g/mol. The maximum atomic E-state index is 12.4. The summed E-state index contributed by atoms with van der Waals surface area (Å²) in [7, 11) is 0. The lowest BCUT2D eigenvalue weighted by molar-refractivity contribution is 0.511. The van der Waals surface area contributed by atoms with E-state index in [9.17, 15) is 9.59 Å². The van der Waals surface area contributed by atoms with Crippen molar-refractivity contribution in [2.45, 2.75) is 0 Å². The van der Waals surface area contributed by atoms with Crippen molar-refractivity contribution in [1.82, 2.24) is 9.97 Å². The highest BCUT2D eigenvalue weighted by molar-refractivity contribution is 5.83. The van der Waals surface area contributed by atoms with Crippen LogP contribution in [0.15, 0.2) is 91.2 Å². The molecule has 0 aliphatic carbocycles. The van der Waals surface area contributed by atoms with Crippen LogP contribution in [0.1, 0.15) is 0 Å². The molecule has 0 saturated carbocycles. The summed E-state index contributed by atoms with van der Waals surface area (Å²) in [6.07, 6.45) is 0. The van der Waals surface area contributed by atoms with Crippen molar-refractivity contribution in [2.75, 3.05) is 0 Å². The first-order chi connectivity index (χ1) is 13.7. The van der Waals surface area contributed by atoms with Gasteiger partial charge < -0.3 is 8.83 Å². The fraction of sp³-hybridized carbons (Fsp3) is 0. The second-order valence-corrected chi connectivity index (χ2v) is 6.19. The molecule has 0 atom stereocenters. The van der Waals surface area contributed by atoms with Crippen LogP contribution < -0.4 is 11.3 Å². The Morgan fingerprint density at radius 1 is 0.536 bits per heavy atom. The summed E-state index contributed by atoms with van der Waals surface area (Å²) in [6.45, 7) is 0. The van der Waals surface area contributed by atoms with Crippen molar-refractivity contribution < 1.29 is 8.83 Å². The molecule has 5 rings (SSSR count). The molecule has 6 heteroatoms. The van der Waals surface area contributed by atoms with Gasteiger partial charge in [-0.05, 0) is 36.4 Å². The van der Waals surface area contributed by atoms with E-state index in [-0.39, 0.29) is 11.8 Å². The maximum absolute atomic E-state index is 12.4. The molecule has 0 fully saturated rings. The molecule has 6 nitrogen and oxygen atoms in total. The first kappa shape index (κ1) is 16.1. The number of fused-ring (bicyclic) bond motifs is 2. The topological polar surface area (TPSA) is 86.2 Å². The van der Waals surface area contributed by atoms with Crippen LogP contribution in [0, 0.1) is 0 Å². The van der Waals surface area contributed by atoms with Gasteiger partial charge in [0.05, 0.1) is 21.8 Å². The Morgan fingerprint density at radius 3 is 1.39 bits per heavy atom. The van der Waals surface area contributed by atoms with Crippen molar-refractivity contribution in [3.63, 3.8) is 0 Å². The molecule has 0 bridgehead atoms. The number of hydrogen-bond acceptors (Lipinski definition) is 6. The number of para-hydroxylation sites is 2. The van der Waals surface area contributed by atoms with Crippen LogP contribution in [-0.4, -0.2) is 9.97 Å². The summed E-state index contributed by atoms with van der Waals surface area (Å²) in [6, 6.07) is 21.0. The van der Waals surface area contributed by atoms with Gasteiger partial charge in [0.2, 0.25) is 11.8 Å². The molecule has 0 aliphatic rings. The van der Waals surface area contributed by atoms with Gasteiger partial charge in [-0.15, -0.1) is 0 Å². The third-order valence-corrected chi connectivity index (χ3v) is 4.46. The zero-order valence-corrected chi connectivity index (χ0v) is 14.5. The highest BCUT2D eigenvalue weighted by atomic mass is 16.4. The van der Waals surface area contributed by atoms with Crippen LogP contribution >= 0.6 is 0 Å². The standard InChI is InChI=1S/C22H12N2O4/c25-21-15-9-3-5-11-17(15)23-19(27-21)13-7-1-2-8-14(13)20-24-18-12-6-4-10-16(18)22(26)28-20/h1-12H. The molecule has 0 radical (unpaired) electrons. The Kier molecular flexibility index (Phi) is 3.62. The van der Waals surface area contributed by atoms with Crippen LogP contribution in [0.4, 0.5) is 0 Å². The Labute approximate surface area is 157 Å². The van der Waals surface area contributed by atoms with Crippen LogP contribution in [0.3, 0.4) is 0 Å². The van der Waals surface area contributed by atoms with Gasteiger partial charge in [0.25, 0.3) is 0 Å². The van der Waals surface area contributed by atoms with Crippen molar-refractivity contribution in [3.8, 4) is 22.9 Å². The van der Waals surface area contributed by atoms with Gasteiger partial charge in [-0.1, -0.05) is 36.4 Å². The Hall–Kier alpha value is -4.06. The van der Waals surface area contributed by atoms with Crippen molar-refractivity contribution >= 4 is 21.8 Å². The summed E-state index contributed by atoms with van der Waals surface area (Å²) < 4.78 is 10.9. The third-order valence-electron chi connectivity index (χ3n) is 4.46. The first-order valence-electron chi connectivity index (χ1n) is 8.60. The summed E-state index contributed by atoms with van der Waals surface area (Å²) >= 11 is 0. The molecule has 5 aromatic rings. The van der Waals surface area contributed by atoms with Crippen molar-refractivity contribution in [3.05, 3.63) is 93.6 Å². The van der Waals surface area contributed by atoms with Gasteiger partial charge in [-0.3, -0.25) is 0 Å². The van der Waals surface area contributed by atoms with Crippen LogP contribution in [-0.2, 0) is 0 Å². The minimum absolute atomic E-state index is 0.136. The highest BCUT2D eigenvalue weighted by Crippen LogP contribution is 2.30. The molecule has 0 unspecified atom stereocenters. The Balaban J connectivity index is 1.77. The zero-order chi connectivity index (χ0) is 19.1. The fourth-order valence-electron chi connectivity index (χ4n) is 3.12. The largest absolute Gasteiger partial charge is 0.403 e. The fourth-order valence-corrected chi connectivity index (χ4v) is 3.12. The lowest BCUT2D eigenvalue weighted by Crippen LogP contribution is -2.05. The second-order valence-electron chi connectivity index (χ2n) is 6.19. The summed E-state index contributed by atoms with van der Waals surface area (Å²) in [5.74, 6) is 0.272. The van der Waals surface area contributed by atoms with E-state index < -0.39 is 11.3 Å². The minimum atomic E-state index is -0.483. The van der Waals surface area contributed by atoms with Crippen LogP contribution in [0.2, 0.25) is 0 Å². The first-order valence-corrected chi connectivity index (χ1v) is 8.60. The molecule has 0 aliphatic heterocycles. The smallest absolute Gasteiger partial charge is 0.347 e. The van der Waals surface area contributed by atoms with E-state index >= 15 is 0 Å². The van der Waals surface area contributed by atoms with Gasteiger partial charge in [0.15, 0.2) is 0 Å². The number of rotatable bonds is 2. The molecule has 0 spiro atoms. The highest BCUT2D eigenvalue weighted by Gasteiger charge is 2.17. The predicted octanol–water partition coefficient (Wildman–Crippen LogP) is 4.02. The number of hydrogen-bond donors (Lipinski definition) is 0. The number of aromatic nitrogens is 2. The van der Waals surface area contributed by atoms with Gasteiger partial charge in [0, 0.05) is 11.1 Å². The molecule has 28 heavy (non-hydrogen) atoms. The molecule has 2 aromatic heterocycles. The van der Waals surface area contributed by atoms with E-state index in [0.717, 1.165) is 0 Å². The molecule has 0 amide bonds.